The Balaban J connectivity index is 1.50. The first-order chi connectivity index (χ1) is 15.8. The van der Waals surface area contributed by atoms with Gasteiger partial charge in [0.2, 0.25) is 5.91 Å². The van der Waals surface area contributed by atoms with Crippen LogP contribution >= 0.6 is 0 Å². The largest absolute Gasteiger partial charge is 0.480 e. The van der Waals surface area contributed by atoms with Crippen molar-refractivity contribution in [2.24, 2.45) is 5.92 Å². The van der Waals surface area contributed by atoms with E-state index in [9.17, 15) is 19.5 Å². The van der Waals surface area contributed by atoms with Gasteiger partial charge < -0.3 is 25.2 Å². The molecule has 176 valence electrons. The van der Waals surface area contributed by atoms with Crippen LogP contribution in [0.25, 0.3) is 11.1 Å². The van der Waals surface area contributed by atoms with E-state index >= 15 is 0 Å². The van der Waals surface area contributed by atoms with Crippen molar-refractivity contribution in [1.82, 2.24) is 10.2 Å². The lowest BCUT2D eigenvalue weighted by atomic mass is 9.98. The summed E-state index contributed by atoms with van der Waals surface area (Å²) in [4.78, 5) is 36.8. The minimum atomic E-state index is -1.15. The van der Waals surface area contributed by atoms with E-state index in [0.29, 0.717) is 0 Å². The number of nitrogens with zero attached hydrogens (tertiary/aromatic N) is 1. The van der Waals surface area contributed by atoms with E-state index in [4.69, 9.17) is 9.84 Å². The number of carbonyl (C=O) groups excluding carboxylic acids is 2. The summed E-state index contributed by atoms with van der Waals surface area (Å²) in [6.45, 7) is 3.57. The number of hydrogen-bond donors (Lipinski definition) is 3. The van der Waals surface area contributed by atoms with Gasteiger partial charge in [0.1, 0.15) is 13.2 Å². The summed E-state index contributed by atoms with van der Waals surface area (Å²) in [6, 6.07) is 16.0. The van der Waals surface area contributed by atoms with Crippen LogP contribution in [0.5, 0.6) is 0 Å². The zero-order chi connectivity index (χ0) is 24.0. The van der Waals surface area contributed by atoms with E-state index in [2.05, 4.69) is 17.4 Å². The molecule has 1 atom stereocenters. The van der Waals surface area contributed by atoms with Crippen molar-refractivity contribution in [2.45, 2.75) is 32.3 Å². The number of aliphatic hydroxyl groups is 1. The Labute approximate surface area is 193 Å². The Morgan fingerprint density at radius 3 is 2.15 bits per heavy atom. The van der Waals surface area contributed by atoms with E-state index in [0.717, 1.165) is 22.3 Å². The molecular formula is C25H30N2O6. The van der Waals surface area contributed by atoms with Crippen LogP contribution in [-0.2, 0) is 14.3 Å². The molecule has 2 amide bonds. The number of carbonyl (C=O) groups is 3. The Kier molecular flexibility index (Phi) is 8.06. The molecule has 2 aromatic carbocycles. The second kappa shape index (κ2) is 11.0. The molecule has 3 N–H and O–H groups in total. The fraction of sp³-hybridized carbons (Fsp3) is 0.400. The minimum absolute atomic E-state index is 0.0738. The summed E-state index contributed by atoms with van der Waals surface area (Å²) in [5.41, 5.74) is 4.45. The van der Waals surface area contributed by atoms with Gasteiger partial charge in [-0.25, -0.2) is 4.79 Å². The summed E-state index contributed by atoms with van der Waals surface area (Å²) in [5, 5.41) is 21.6. The van der Waals surface area contributed by atoms with Crippen molar-refractivity contribution in [3.8, 4) is 11.1 Å². The van der Waals surface area contributed by atoms with Crippen molar-refractivity contribution in [1.29, 1.82) is 0 Å². The van der Waals surface area contributed by atoms with Crippen LogP contribution in [0.4, 0.5) is 4.79 Å². The zero-order valence-corrected chi connectivity index (χ0v) is 18.9. The second-order valence-electron chi connectivity index (χ2n) is 8.63. The number of nitrogens with one attached hydrogen (secondary N) is 1. The highest BCUT2D eigenvalue weighted by molar-refractivity contribution is 5.82. The minimum Gasteiger partial charge on any atom is -0.480 e. The van der Waals surface area contributed by atoms with Gasteiger partial charge in [-0.05, 0) is 28.2 Å². The summed E-state index contributed by atoms with van der Waals surface area (Å²) in [5.74, 6) is -1.58. The van der Waals surface area contributed by atoms with Gasteiger partial charge in [-0.2, -0.15) is 0 Å². The number of amides is 2. The predicted molar refractivity (Wildman–Crippen MR) is 123 cm³/mol. The van der Waals surface area contributed by atoms with Gasteiger partial charge in [0.05, 0.1) is 12.5 Å². The molecular weight excluding hydrogens is 424 g/mol. The standard InChI is InChI=1S/C25H30N2O6/c1-16(2)13-27(14-24(30)31)23(29)11-17(28)12-26-25(32)33-15-22-20-9-5-3-7-18(20)19-8-4-6-10-21(19)22/h3-10,16-17,22,28H,11-15H2,1-2H3,(H,26,32)(H,30,31). The summed E-state index contributed by atoms with van der Waals surface area (Å²) >= 11 is 0. The second-order valence-corrected chi connectivity index (χ2v) is 8.63. The SMILES string of the molecule is CC(C)CN(CC(=O)O)C(=O)CC(O)CNC(=O)OCC1c2ccccc2-c2ccccc21. The fourth-order valence-corrected chi connectivity index (χ4v) is 4.11. The molecule has 0 spiro atoms. The number of benzene rings is 2. The van der Waals surface area contributed by atoms with Gasteiger partial charge in [0.15, 0.2) is 0 Å². The number of alkyl carbamates (subject to hydrolysis) is 1. The Morgan fingerprint density at radius 1 is 1.03 bits per heavy atom. The maximum atomic E-state index is 12.4. The number of carboxylic acids is 1. The molecule has 1 unspecified atom stereocenters. The molecule has 33 heavy (non-hydrogen) atoms. The van der Waals surface area contributed by atoms with Crippen LogP contribution in [0.3, 0.4) is 0 Å². The van der Waals surface area contributed by atoms with E-state index in [1.165, 1.54) is 4.90 Å². The fourth-order valence-electron chi connectivity index (χ4n) is 4.11. The van der Waals surface area contributed by atoms with E-state index in [1.807, 2.05) is 50.2 Å². The maximum absolute atomic E-state index is 12.4. The number of ether oxygens (including phenoxy) is 1. The third-order valence-corrected chi connectivity index (χ3v) is 5.50. The smallest absolute Gasteiger partial charge is 0.407 e. The molecule has 0 aliphatic heterocycles. The van der Waals surface area contributed by atoms with Gasteiger partial charge in [-0.15, -0.1) is 0 Å². The molecule has 8 heteroatoms. The molecule has 0 bridgehead atoms. The first kappa shape index (κ1) is 24.3. The Bertz CT molecular complexity index is 960. The number of carboxylic acid groups (broad SMARTS) is 1. The number of aliphatic carboxylic acids is 1. The lowest BCUT2D eigenvalue weighted by Crippen LogP contribution is -2.41. The topological polar surface area (TPSA) is 116 Å². The summed E-state index contributed by atoms with van der Waals surface area (Å²) < 4.78 is 5.41. The molecule has 0 radical (unpaired) electrons. The molecule has 0 saturated heterocycles. The quantitative estimate of drug-likeness (QED) is 0.508. The van der Waals surface area contributed by atoms with E-state index < -0.39 is 30.6 Å². The van der Waals surface area contributed by atoms with Crippen molar-refractivity contribution < 1.29 is 29.3 Å². The highest BCUT2D eigenvalue weighted by Gasteiger charge is 2.29. The van der Waals surface area contributed by atoms with Gasteiger partial charge in [0, 0.05) is 19.0 Å². The number of fused-ring (bicyclic) bond motifs is 3. The average Bonchev–Trinajstić information content (AvgIpc) is 3.09. The lowest BCUT2D eigenvalue weighted by Gasteiger charge is -2.24. The van der Waals surface area contributed by atoms with Crippen molar-refractivity contribution in [3.63, 3.8) is 0 Å². The molecule has 2 aromatic rings. The molecule has 1 aliphatic carbocycles. The van der Waals surface area contributed by atoms with Crippen LogP contribution < -0.4 is 5.32 Å². The summed E-state index contributed by atoms with van der Waals surface area (Å²) in [6.07, 6.45) is -2.13. The van der Waals surface area contributed by atoms with Gasteiger partial charge in [0.25, 0.3) is 0 Å². The average molecular weight is 455 g/mol. The molecule has 0 aromatic heterocycles. The third-order valence-electron chi connectivity index (χ3n) is 5.50. The number of hydrogen-bond acceptors (Lipinski definition) is 5. The van der Waals surface area contributed by atoms with Crippen LogP contribution in [-0.4, -0.2) is 65.4 Å². The van der Waals surface area contributed by atoms with Crippen molar-refractivity contribution in [3.05, 3.63) is 59.7 Å². The van der Waals surface area contributed by atoms with Gasteiger partial charge in [-0.3, -0.25) is 9.59 Å². The van der Waals surface area contributed by atoms with Crippen LogP contribution in [0, 0.1) is 5.92 Å². The molecule has 0 saturated carbocycles. The lowest BCUT2D eigenvalue weighted by molar-refractivity contribution is -0.145. The number of aliphatic hydroxyl groups excluding tert-OH is 1. The van der Waals surface area contributed by atoms with Crippen molar-refractivity contribution in [2.75, 3.05) is 26.2 Å². The third kappa shape index (κ3) is 6.32. The maximum Gasteiger partial charge on any atom is 0.407 e. The number of rotatable bonds is 10. The van der Waals surface area contributed by atoms with Crippen molar-refractivity contribution >= 4 is 18.0 Å². The van der Waals surface area contributed by atoms with Crippen LogP contribution in [0.1, 0.15) is 37.3 Å². The van der Waals surface area contributed by atoms with E-state index in [1.54, 1.807) is 0 Å². The summed E-state index contributed by atoms with van der Waals surface area (Å²) in [7, 11) is 0. The zero-order valence-electron chi connectivity index (χ0n) is 18.9. The van der Waals surface area contributed by atoms with Gasteiger partial charge in [-0.1, -0.05) is 62.4 Å². The highest BCUT2D eigenvalue weighted by atomic mass is 16.5. The first-order valence-electron chi connectivity index (χ1n) is 11.0. The molecule has 0 fully saturated rings. The highest BCUT2D eigenvalue weighted by Crippen LogP contribution is 2.44. The van der Waals surface area contributed by atoms with E-state index in [-0.39, 0.29) is 38.0 Å². The molecule has 0 heterocycles. The molecule has 8 nitrogen and oxygen atoms in total. The Morgan fingerprint density at radius 2 is 1.61 bits per heavy atom. The normalized spacial score (nSPS) is 13.2. The predicted octanol–water partition coefficient (Wildman–Crippen LogP) is 2.85. The van der Waals surface area contributed by atoms with Crippen LogP contribution in [0.15, 0.2) is 48.5 Å². The monoisotopic (exact) mass is 454 g/mol. The molecule has 1 aliphatic rings. The Hall–Kier alpha value is -3.39. The van der Waals surface area contributed by atoms with Crippen LogP contribution in [0.2, 0.25) is 0 Å². The van der Waals surface area contributed by atoms with Gasteiger partial charge >= 0.3 is 12.1 Å². The molecule has 3 rings (SSSR count). The first-order valence-corrected chi connectivity index (χ1v) is 11.0.